The molecule has 0 bridgehead atoms. The van der Waals surface area contributed by atoms with Crippen LogP contribution in [0.3, 0.4) is 0 Å². The number of alkyl halides is 4. The maximum atomic E-state index is 12.8. The highest BCUT2D eigenvalue weighted by Crippen LogP contribution is 2.38. The lowest BCUT2D eigenvalue weighted by Gasteiger charge is -2.14. The number of benzene rings is 1. The Bertz CT molecular complexity index is 433. The Balaban J connectivity index is 3.52. The summed E-state index contributed by atoms with van der Waals surface area (Å²) in [6, 6.07) is 2.52. The van der Waals surface area contributed by atoms with Crippen molar-refractivity contribution < 1.29 is 18.0 Å². The predicted molar refractivity (Wildman–Crippen MR) is 66.9 cm³/mol. The number of hydrogen-bond donors (Lipinski definition) is 0. The topological polar surface area (TPSA) is 17.1 Å². The molecule has 7 heteroatoms. The minimum atomic E-state index is -4.57. The van der Waals surface area contributed by atoms with Crippen molar-refractivity contribution in [1.82, 2.24) is 0 Å². The Hall–Kier alpha value is 0.180. The average Bonchev–Trinajstić information content (AvgIpc) is 2.18. The van der Waals surface area contributed by atoms with Gasteiger partial charge >= 0.3 is 6.18 Å². The van der Waals surface area contributed by atoms with Crippen LogP contribution >= 0.6 is 50.1 Å². The first-order valence-electron chi connectivity index (χ1n) is 3.93. The van der Waals surface area contributed by atoms with Crippen LogP contribution in [-0.4, -0.2) is 11.7 Å². The van der Waals surface area contributed by atoms with Crippen LogP contribution in [0.4, 0.5) is 13.2 Å². The van der Waals surface area contributed by atoms with Gasteiger partial charge in [-0.15, -0.1) is 11.6 Å². The molecule has 0 unspecified atom stereocenters. The van der Waals surface area contributed by atoms with Gasteiger partial charge in [-0.2, -0.15) is 13.2 Å². The summed E-state index contributed by atoms with van der Waals surface area (Å²) in [5.41, 5.74) is -1.33. The lowest BCUT2D eigenvalue weighted by molar-refractivity contribution is -0.138. The number of rotatable bonds is 2. The third kappa shape index (κ3) is 2.89. The SMILES string of the molecule is O=C(CCl)c1ccc(Br)c(I)c1C(F)(F)F. The molecule has 0 heterocycles. The number of hydrogen-bond acceptors (Lipinski definition) is 1. The van der Waals surface area contributed by atoms with Crippen molar-refractivity contribution in [3.8, 4) is 0 Å². The first-order chi connectivity index (χ1) is 7.29. The molecule has 0 fully saturated rings. The molecule has 0 radical (unpaired) electrons. The zero-order chi connectivity index (χ0) is 12.5. The van der Waals surface area contributed by atoms with E-state index in [1.165, 1.54) is 6.07 Å². The van der Waals surface area contributed by atoms with E-state index in [0.29, 0.717) is 4.47 Å². The first-order valence-corrected chi connectivity index (χ1v) is 6.34. The fourth-order valence-electron chi connectivity index (χ4n) is 1.13. The molecule has 0 spiro atoms. The van der Waals surface area contributed by atoms with Crippen molar-refractivity contribution in [2.45, 2.75) is 6.18 Å². The van der Waals surface area contributed by atoms with E-state index in [4.69, 9.17) is 11.6 Å². The molecule has 0 aliphatic rings. The van der Waals surface area contributed by atoms with Gasteiger partial charge in [-0.3, -0.25) is 4.79 Å². The fraction of sp³-hybridized carbons (Fsp3) is 0.222. The van der Waals surface area contributed by atoms with E-state index in [2.05, 4.69) is 15.9 Å². The Labute approximate surface area is 117 Å². The molecule has 1 nitrogen and oxygen atoms in total. The summed E-state index contributed by atoms with van der Waals surface area (Å²) in [4.78, 5) is 11.3. The molecule has 1 aromatic rings. The second-order valence-electron chi connectivity index (χ2n) is 2.84. The van der Waals surface area contributed by atoms with Crippen molar-refractivity contribution >= 4 is 55.9 Å². The molecule has 0 aliphatic heterocycles. The molecule has 0 aliphatic carbocycles. The Morgan fingerprint density at radius 2 is 2.00 bits per heavy atom. The minimum Gasteiger partial charge on any atom is -0.293 e. The van der Waals surface area contributed by atoms with Crippen LogP contribution in [0.25, 0.3) is 0 Å². The molecule has 88 valence electrons. The highest BCUT2D eigenvalue weighted by Gasteiger charge is 2.37. The van der Waals surface area contributed by atoms with Crippen LogP contribution in [0.1, 0.15) is 15.9 Å². The lowest BCUT2D eigenvalue weighted by Crippen LogP contribution is -2.16. The quantitative estimate of drug-likeness (QED) is 0.386. The van der Waals surface area contributed by atoms with Crippen LogP contribution in [-0.2, 0) is 6.18 Å². The second kappa shape index (κ2) is 5.22. The Morgan fingerprint density at radius 3 is 2.44 bits per heavy atom. The number of Topliss-reactive ketones (excluding diaryl/α,β-unsaturated/α-hetero) is 1. The van der Waals surface area contributed by atoms with Crippen LogP contribution in [0.15, 0.2) is 16.6 Å². The molecular formula is C9H4BrClF3IO. The minimum absolute atomic E-state index is 0.0407. The summed E-state index contributed by atoms with van der Waals surface area (Å²) < 4.78 is 38.6. The predicted octanol–water partition coefficient (Wildman–Crippen LogP) is 4.49. The van der Waals surface area contributed by atoms with Gasteiger partial charge in [0.05, 0.1) is 11.4 Å². The zero-order valence-electron chi connectivity index (χ0n) is 7.54. The first kappa shape index (κ1) is 14.2. The van der Waals surface area contributed by atoms with Crippen molar-refractivity contribution in [3.05, 3.63) is 31.3 Å². The summed E-state index contributed by atoms with van der Waals surface area (Å²) in [6.07, 6.45) is -4.57. The molecule has 0 atom stereocenters. The summed E-state index contributed by atoms with van der Waals surface area (Å²) in [6.45, 7) is 0. The lowest BCUT2D eigenvalue weighted by atomic mass is 10.0. The van der Waals surface area contributed by atoms with Gasteiger partial charge in [0.25, 0.3) is 0 Å². The van der Waals surface area contributed by atoms with Crippen LogP contribution in [0.5, 0.6) is 0 Å². The zero-order valence-corrected chi connectivity index (χ0v) is 12.0. The van der Waals surface area contributed by atoms with Crippen molar-refractivity contribution in [2.75, 3.05) is 5.88 Å². The van der Waals surface area contributed by atoms with Gasteiger partial charge in [-0.25, -0.2) is 0 Å². The molecule has 1 aromatic carbocycles. The number of halogens is 6. The van der Waals surface area contributed by atoms with E-state index < -0.39 is 29.0 Å². The molecule has 1 rings (SSSR count). The largest absolute Gasteiger partial charge is 0.418 e. The third-order valence-electron chi connectivity index (χ3n) is 1.80. The van der Waals surface area contributed by atoms with Crippen LogP contribution < -0.4 is 0 Å². The highest BCUT2D eigenvalue weighted by molar-refractivity contribution is 14.1. The molecule has 0 N–H and O–H groups in total. The van der Waals surface area contributed by atoms with Gasteiger partial charge < -0.3 is 0 Å². The van der Waals surface area contributed by atoms with Gasteiger partial charge in [0.2, 0.25) is 0 Å². The van der Waals surface area contributed by atoms with Crippen LogP contribution in [0, 0.1) is 3.57 Å². The van der Waals surface area contributed by atoms with Crippen molar-refractivity contribution in [2.24, 2.45) is 0 Å². The summed E-state index contributed by atoms with van der Waals surface area (Å²) in [5.74, 6) is -1.21. The van der Waals surface area contributed by atoms with E-state index in [-0.39, 0.29) is 3.57 Å². The number of carbonyl (C=O) groups excluding carboxylic acids is 1. The second-order valence-corrected chi connectivity index (χ2v) is 5.04. The smallest absolute Gasteiger partial charge is 0.293 e. The molecule has 0 amide bonds. The van der Waals surface area contributed by atoms with Gasteiger partial charge in [0.1, 0.15) is 0 Å². The third-order valence-corrected chi connectivity index (χ3v) is 4.57. The van der Waals surface area contributed by atoms with Crippen molar-refractivity contribution in [3.63, 3.8) is 0 Å². The van der Waals surface area contributed by atoms with Crippen molar-refractivity contribution in [1.29, 1.82) is 0 Å². The molecule has 0 saturated heterocycles. The van der Waals surface area contributed by atoms with Gasteiger partial charge in [0.15, 0.2) is 5.78 Å². The maximum Gasteiger partial charge on any atom is 0.418 e. The normalized spacial score (nSPS) is 11.6. The summed E-state index contributed by atoms with van der Waals surface area (Å²) in [5, 5.41) is 0. The van der Waals surface area contributed by atoms with Gasteiger partial charge in [-0.05, 0) is 50.7 Å². The standard InChI is InChI=1S/C9H4BrClF3IO/c10-5-2-1-4(6(16)3-11)7(8(5)15)9(12,13)14/h1-2H,3H2. The Kier molecular flexibility index (Phi) is 4.65. The monoisotopic (exact) mass is 426 g/mol. The molecule has 0 aromatic heterocycles. The number of carbonyl (C=O) groups is 1. The molecular weight excluding hydrogens is 423 g/mol. The summed E-state index contributed by atoms with van der Waals surface area (Å²) >= 11 is 9.80. The van der Waals surface area contributed by atoms with Gasteiger partial charge in [-0.1, -0.05) is 0 Å². The molecule has 16 heavy (non-hydrogen) atoms. The maximum absolute atomic E-state index is 12.8. The van der Waals surface area contributed by atoms with Gasteiger partial charge in [0, 0.05) is 13.6 Å². The highest BCUT2D eigenvalue weighted by atomic mass is 127. The van der Waals surface area contributed by atoms with E-state index >= 15 is 0 Å². The van der Waals surface area contributed by atoms with E-state index in [0.717, 1.165) is 6.07 Å². The van der Waals surface area contributed by atoms with E-state index in [9.17, 15) is 18.0 Å². The van der Waals surface area contributed by atoms with E-state index in [1.807, 2.05) is 0 Å². The fourth-order valence-corrected chi connectivity index (χ4v) is 2.38. The summed E-state index contributed by atoms with van der Waals surface area (Å²) in [7, 11) is 0. The average molecular weight is 427 g/mol. The van der Waals surface area contributed by atoms with E-state index in [1.54, 1.807) is 22.6 Å². The van der Waals surface area contributed by atoms with Crippen LogP contribution in [0.2, 0.25) is 0 Å². The molecule has 0 saturated carbocycles. The Morgan fingerprint density at radius 1 is 1.44 bits per heavy atom. The number of ketones is 1.